The maximum Gasteiger partial charge on any atom is 0.152 e. The predicted octanol–water partition coefficient (Wildman–Crippen LogP) is 1.37. The van der Waals surface area contributed by atoms with Gasteiger partial charge >= 0.3 is 0 Å². The van der Waals surface area contributed by atoms with E-state index in [0.717, 1.165) is 6.42 Å². The monoisotopic (exact) mass is 337 g/mol. The molecule has 1 aromatic heterocycles. The second kappa shape index (κ2) is 11.5. The zero-order chi connectivity index (χ0) is 17.8. The maximum atomic E-state index is 9.36. The van der Waals surface area contributed by atoms with Gasteiger partial charge in [-0.3, -0.25) is 0 Å². The van der Waals surface area contributed by atoms with Crippen molar-refractivity contribution in [2.45, 2.75) is 13.3 Å². The van der Waals surface area contributed by atoms with E-state index in [0.29, 0.717) is 68.0 Å². The summed E-state index contributed by atoms with van der Waals surface area (Å²) in [4.78, 5) is 4.44. The van der Waals surface area contributed by atoms with Gasteiger partial charge in [-0.2, -0.15) is 5.26 Å². The Morgan fingerprint density at radius 3 is 2.42 bits per heavy atom. The number of ether oxygens (including phenoxy) is 3. The molecule has 0 atom stereocenters. The molecule has 4 N–H and O–H groups in total. The van der Waals surface area contributed by atoms with Crippen molar-refractivity contribution in [3.63, 3.8) is 0 Å². The van der Waals surface area contributed by atoms with Crippen LogP contribution in [0, 0.1) is 18.3 Å². The Hall–Kier alpha value is -2.08. The van der Waals surface area contributed by atoms with Crippen molar-refractivity contribution >= 4 is 17.3 Å². The van der Waals surface area contributed by atoms with Gasteiger partial charge in [-0.1, -0.05) is 0 Å². The average Bonchev–Trinajstić information content (AvgIpc) is 2.58. The topological polar surface area (TPSA) is 114 Å². The van der Waals surface area contributed by atoms with E-state index in [2.05, 4.69) is 21.7 Å². The molecule has 0 aliphatic heterocycles. The summed E-state index contributed by atoms with van der Waals surface area (Å²) in [6, 6.07) is 2.16. The van der Waals surface area contributed by atoms with Crippen LogP contribution >= 0.6 is 0 Å². The fraction of sp³-hybridized carbons (Fsp3) is 0.625. The molecule has 1 aromatic rings. The van der Waals surface area contributed by atoms with Crippen molar-refractivity contribution in [2.24, 2.45) is 0 Å². The van der Waals surface area contributed by atoms with Gasteiger partial charge in [0.1, 0.15) is 11.9 Å². The molecular weight excluding hydrogens is 310 g/mol. The highest BCUT2D eigenvalue weighted by molar-refractivity contribution is 5.74. The minimum Gasteiger partial charge on any atom is -0.395 e. The number of hydrogen-bond acceptors (Lipinski definition) is 8. The fourth-order valence-corrected chi connectivity index (χ4v) is 2.01. The molecule has 0 saturated carbocycles. The van der Waals surface area contributed by atoms with Crippen LogP contribution in [0.4, 0.5) is 17.3 Å². The Kier molecular flexibility index (Phi) is 9.53. The summed E-state index contributed by atoms with van der Waals surface area (Å²) in [7, 11) is 3.27. The Bertz CT molecular complexity index is 545. The standard InChI is InChI=1S/C16H27N5O3/c1-12-13(11-17)15(19-5-4-7-24-10-9-23-3)21-16(14(12)18)20-6-8-22-2/h4-10,18H2,1-3H3,(H2,19,20,21). The third-order valence-electron chi connectivity index (χ3n) is 3.39. The summed E-state index contributed by atoms with van der Waals surface area (Å²) >= 11 is 0. The van der Waals surface area contributed by atoms with Crippen molar-refractivity contribution < 1.29 is 14.2 Å². The largest absolute Gasteiger partial charge is 0.395 e. The summed E-state index contributed by atoms with van der Waals surface area (Å²) in [5.74, 6) is 1.09. The van der Waals surface area contributed by atoms with Crippen LogP contribution in [0.5, 0.6) is 0 Å². The molecule has 0 saturated heterocycles. The van der Waals surface area contributed by atoms with E-state index in [9.17, 15) is 5.26 Å². The summed E-state index contributed by atoms with van der Waals surface area (Å²) < 4.78 is 15.3. The first-order valence-corrected chi connectivity index (χ1v) is 7.89. The number of nitriles is 1. The smallest absolute Gasteiger partial charge is 0.152 e. The number of pyridine rings is 1. The Morgan fingerprint density at radius 2 is 1.75 bits per heavy atom. The lowest BCUT2D eigenvalue weighted by molar-refractivity contribution is 0.0705. The predicted molar refractivity (Wildman–Crippen MR) is 94.3 cm³/mol. The number of nitrogen functional groups attached to an aromatic ring is 1. The maximum absolute atomic E-state index is 9.36. The first kappa shape index (κ1) is 20.0. The molecule has 1 rings (SSSR count). The molecule has 0 aromatic carbocycles. The second-order valence-corrected chi connectivity index (χ2v) is 5.14. The summed E-state index contributed by atoms with van der Waals surface area (Å²) in [6.45, 7) is 5.37. The normalized spacial score (nSPS) is 10.4. The van der Waals surface area contributed by atoms with E-state index in [1.165, 1.54) is 0 Å². The van der Waals surface area contributed by atoms with E-state index < -0.39 is 0 Å². The molecule has 0 unspecified atom stereocenters. The number of methoxy groups -OCH3 is 2. The molecule has 0 spiro atoms. The summed E-state index contributed by atoms with van der Waals surface area (Å²) in [5.41, 5.74) is 7.72. The number of nitrogens with two attached hydrogens (primary N) is 1. The molecule has 8 heteroatoms. The van der Waals surface area contributed by atoms with Crippen LogP contribution in [0.3, 0.4) is 0 Å². The molecule has 8 nitrogen and oxygen atoms in total. The lowest BCUT2D eigenvalue weighted by atomic mass is 10.1. The number of hydrogen-bond donors (Lipinski definition) is 3. The van der Waals surface area contributed by atoms with Crippen LogP contribution in [-0.2, 0) is 14.2 Å². The summed E-state index contributed by atoms with van der Waals surface area (Å²) in [5, 5.41) is 15.7. The van der Waals surface area contributed by atoms with Gasteiger partial charge in [0.2, 0.25) is 0 Å². The fourth-order valence-electron chi connectivity index (χ4n) is 2.01. The van der Waals surface area contributed by atoms with Crippen LogP contribution < -0.4 is 16.4 Å². The van der Waals surface area contributed by atoms with Crippen LogP contribution in [-0.4, -0.2) is 58.7 Å². The summed E-state index contributed by atoms with van der Waals surface area (Å²) in [6.07, 6.45) is 0.798. The molecular formula is C16H27N5O3. The van der Waals surface area contributed by atoms with Gasteiger partial charge in [-0.15, -0.1) is 0 Å². The Balaban J connectivity index is 2.65. The number of nitrogens with one attached hydrogen (secondary N) is 2. The van der Waals surface area contributed by atoms with Crippen molar-refractivity contribution in [3.05, 3.63) is 11.1 Å². The number of aromatic nitrogens is 1. The molecule has 0 fully saturated rings. The molecule has 0 aliphatic rings. The van der Waals surface area contributed by atoms with E-state index >= 15 is 0 Å². The molecule has 24 heavy (non-hydrogen) atoms. The van der Waals surface area contributed by atoms with E-state index in [-0.39, 0.29) is 0 Å². The van der Waals surface area contributed by atoms with Crippen LogP contribution in [0.1, 0.15) is 17.5 Å². The first-order chi connectivity index (χ1) is 11.7. The van der Waals surface area contributed by atoms with Gasteiger partial charge in [-0.25, -0.2) is 4.98 Å². The van der Waals surface area contributed by atoms with E-state index in [1.54, 1.807) is 14.2 Å². The molecule has 0 radical (unpaired) electrons. The molecule has 0 amide bonds. The average molecular weight is 337 g/mol. The van der Waals surface area contributed by atoms with Crippen molar-refractivity contribution in [1.82, 2.24) is 4.98 Å². The molecule has 0 aliphatic carbocycles. The molecule has 1 heterocycles. The third kappa shape index (κ3) is 6.20. The quantitative estimate of drug-likeness (QED) is 0.490. The van der Waals surface area contributed by atoms with Gasteiger partial charge in [0.25, 0.3) is 0 Å². The van der Waals surface area contributed by atoms with Crippen LogP contribution in [0.15, 0.2) is 0 Å². The molecule has 134 valence electrons. The highest BCUT2D eigenvalue weighted by Crippen LogP contribution is 2.28. The molecule has 0 bridgehead atoms. The SMILES string of the molecule is COCCNc1nc(NCCCOCCOC)c(C#N)c(C)c1N. The van der Waals surface area contributed by atoms with Gasteiger partial charge in [0.05, 0.1) is 31.1 Å². The first-order valence-electron chi connectivity index (χ1n) is 7.89. The van der Waals surface area contributed by atoms with Crippen LogP contribution in [0.2, 0.25) is 0 Å². The number of nitrogens with zero attached hydrogens (tertiary/aromatic N) is 2. The highest BCUT2D eigenvalue weighted by Gasteiger charge is 2.14. The second-order valence-electron chi connectivity index (χ2n) is 5.14. The van der Waals surface area contributed by atoms with Gasteiger partial charge in [0, 0.05) is 33.9 Å². The number of rotatable bonds is 12. The number of anilines is 3. The third-order valence-corrected chi connectivity index (χ3v) is 3.39. The Labute approximate surface area is 143 Å². The highest BCUT2D eigenvalue weighted by atomic mass is 16.5. The van der Waals surface area contributed by atoms with Gasteiger partial charge in [0.15, 0.2) is 5.82 Å². The van der Waals surface area contributed by atoms with E-state index in [1.807, 2.05) is 6.92 Å². The Morgan fingerprint density at radius 1 is 1.04 bits per heavy atom. The van der Waals surface area contributed by atoms with Gasteiger partial charge < -0.3 is 30.6 Å². The van der Waals surface area contributed by atoms with Crippen molar-refractivity contribution in [1.29, 1.82) is 5.26 Å². The zero-order valence-corrected chi connectivity index (χ0v) is 14.6. The van der Waals surface area contributed by atoms with Crippen molar-refractivity contribution in [2.75, 3.05) is 70.1 Å². The van der Waals surface area contributed by atoms with E-state index in [4.69, 9.17) is 19.9 Å². The van der Waals surface area contributed by atoms with Gasteiger partial charge in [-0.05, 0) is 18.9 Å². The lowest BCUT2D eigenvalue weighted by Crippen LogP contribution is -2.15. The lowest BCUT2D eigenvalue weighted by Gasteiger charge is -2.15. The zero-order valence-electron chi connectivity index (χ0n) is 14.6. The van der Waals surface area contributed by atoms with Crippen molar-refractivity contribution in [3.8, 4) is 6.07 Å². The minimum atomic E-state index is 0.463. The minimum absolute atomic E-state index is 0.463. The van der Waals surface area contributed by atoms with Crippen LogP contribution in [0.25, 0.3) is 0 Å².